The van der Waals surface area contributed by atoms with Gasteiger partial charge in [-0.2, -0.15) is 0 Å². The zero-order valence-electron chi connectivity index (χ0n) is 17.2. The van der Waals surface area contributed by atoms with Crippen molar-refractivity contribution < 1.29 is 33.2 Å². The number of fused-ring (bicyclic) bond motifs is 4. The summed E-state index contributed by atoms with van der Waals surface area (Å²) < 4.78 is 33.5. The van der Waals surface area contributed by atoms with Gasteiger partial charge in [-0.25, -0.2) is 0 Å². The summed E-state index contributed by atoms with van der Waals surface area (Å²) in [4.78, 5) is 13.6. The van der Waals surface area contributed by atoms with Crippen LogP contribution < -0.4 is 29.1 Å². The van der Waals surface area contributed by atoms with Crippen LogP contribution in [0.1, 0.15) is 5.76 Å². The van der Waals surface area contributed by atoms with E-state index in [0.717, 1.165) is 0 Å². The summed E-state index contributed by atoms with van der Waals surface area (Å²) in [7, 11) is 4.53. The van der Waals surface area contributed by atoms with Crippen molar-refractivity contribution >= 4 is 22.6 Å². The largest absolute Gasteiger partial charge is 0.496 e. The van der Waals surface area contributed by atoms with E-state index in [1.807, 2.05) is 0 Å². The van der Waals surface area contributed by atoms with Crippen LogP contribution in [-0.2, 0) is 6.61 Å². The van der Waals surface area contributed by atoms with E-state index in [2.05, 4.69) is 0 Å². The highest BCUT2D eigenvalue weighted by molar-refractivity contribution is 6.18. The first-order valence-corrected chi connectivity index (χ1v) is 9.97. The molecule has 9 heteroatoms. The maximum absolute atomic E-state index is 13.6. The van der Waals surface area contributed by atoms with Crippen molar-refractivity contribution in [1.82, 2.24) is 0 Å². The minimum atomic E-state index is -0.890. The first-order chi connectivity index (χ1) is 15.0. The van der Waals surface area contributed by atoms with Crippen LogP contribution in [0.4, 0.5) is 0 Å². The molecule has 31 heavy (non-hydrogen) atoms. The Hall–Kier alpha value is -3.10. The molecule has 1 aliphatic heterocycles. The molecule has 1 atom stereocenters. The van der Waals surface area contributed by atoms with Gasteiger partial charge in [0.1, 0.15) is 47.5 Å². The highest BCUT2D eigenvalue weighted by Gasteiger charge is 2.28. The molecule has 1 aliphatic rings. The van der Waals surface area contributed by atoms with E-state index >= 15 is 0 Å². The number of aliphatic hydroxyl groups excluding tert-OH is 1. The lowest BCUT2D eigenvalue weighted by Crippen LogP contribution is -2.20. The van der Waals surface area contributed by atoms with Crippen molar-refractivity contribution in [2.75, 3.05) is 33.8 Å². The Morgan fingerprint density at radius 3 is 2.48 bits per heavy atom. The fourth-order valence-corrected chi connectivity index (χ4v) is 3.55. The predicted octanol–water partition coefficient (Wildman–Crippen LogP) is 3.36. The summed E-state index contributed by atoms with van der Waals surface area (Å²) in [5.41, 5.74) is 0.858. The Kier molecular flexibility index (Phi) is 5.84. The smallest absolute Gasteiger partial charge is 0.204 e. The summed E-state index contributed by atoms with van der Waals surface area (Å²) in [5, 5.41) is 10.0. The zero-order valence-corrected chi connectivity index (χ0v) is 17.9. The summed E-state index contributed by atoms with van der Waals surface area (Å²) in [6, 6.07) is 6.52. The van der Waals surface area contributed by atoms with E-state index in [4.69, 9.17) is 39.7 Å². The Balaban J connectivity index is 1.95. The molecule has 3 aromatic rings. The normalized spacial score (nSPS) is 13.1. The van der Waals surface area contributed by atoms with Crippen LogP contribution in [0.15, 0.2) is 33.5 Å². The van der Waals surface area contributed by atoms with Crippen molar-refractivity contribution in [3.63, 3.8) is 0 Å². The highest BCUT2D eigenvalue weighted by atomic mass is 35.5. The van der Waals surface area contributed by atoms with E-state index in [1.165, 1.54) is 21.3 Å². The molecule has 0 saturated carbocycles. The third kappa shape index (κ3) is 3.73. The van der Waals surface area contributed by atoms with Gasteiger partial charge in [0.15, 0.2) is 17.3 Å². The third-order valence-electron chi connectivity index (χ3n) is 4.96. The van der Waals surface area contributed by atoms with Gasteiger partial charge in [-0.1, -0.05) is 0 Å². The monoisotopic (exact) mass is 448 g/mol. The van der Waals surface area contributed by atoms with Gasteiger partial charge < -0.3 is 33.2 Å². The minimum Gasteiger partial charge on any atom is -0.496 e. The van der Waals surface area contributed by atoms with Gasteiger partial charge in [-0.15, -0.1) is 11.6 Å². The molecule has 1 unspecified atom stereocenters. The number of benzene rings is 2. The number of aliphatic hydroxyl groups is 1. The summed E-state index contributed by atoms with van der Waals surface area (Å²) in [6.45, 7) is -0.0195. The average Bonchev–Trinajstić information content (AvgIpc) is 2.80. The van der Waals surface area contributed by atoms with Gasteiger partial charge in [-0.05, 0) is 6.07 Å². The standard InChI is InChI=1S/C22H21ClO8/c1-26-12-4-17(29-9-11(24)8-23)21-18(5-12)31-19-10-30-14-7-16(28-3)15(27-2)6-13(14)20(19)22(21)25/h4-7,11,24H,8-10H2,1-3H3. The van der Waals surface area contributed by atoms with Crippen LogP contribution in [0, 0.1) is 0 Å². The molecule has 2 heterocycles. The van der Waals surface area contributed by atoms with Crippen molar-refractivity contribution in [1.29, 1.82) is 0 Å². The molecule has 0 fully saturated rings. The molecule has 0 saturated heterocycles. The molecule has 0 aliphatic carbocycles. The molecule has 4 rings (SSSR count). The second-order valence-corrected chi connectivity index (χ2v) is 7.15. The third-order valence-corrected chi connectivity index (χ3v) is 5.32. The van der Waals surface area contributed by atoms with Crippen molar-refractivity contribution in [2.24, 2.45) is 0 Å². The number of alkyl halides is 1. The highest BCUT2D eigenvalue weighted by Crippen LogP contribution is 2.44. The van der Waals surface area contributed by atoms with Gasteiger partial charge in [0.25, 0.3) is 0 Å². The number of hydrogen-bond donors (Lipinski definition) is 1. The van der Waals surface area contributed by atoms with Crippen LogP contribution in [0.5, 0.6) is 28.7 Å². The Morgan fingerprint density at radius 2 is 1.81 bits per heavy atom. The fraction of sp³-hybridized carbons (Fsp3) is 0.318. The van der Waals surface area contributed by atoms with Gasteiger partial charge in [0.2, 0.25) is 5.43 Å². The van der Waals surface area contributed by atoms with Crippen LogP contribution in [-0.4, -0.2) is 45.0 Å². The first kappa shape index (κ1) is 21.1. The molecule has 2 aromatic carbocycles. The van der Waals surface area contributed by atoms with Gasteiger partial charge >= 0.3 is 0 Å². The molecular weight excluding hydrogens is 428 g/mol. The molecule has 0 spiro atoms. The lowest BCUT2D eigenvalue weighted by Gasteiger charge is -2.22. The first-order valence-electron chi connectivity index (χ1n) is 9.44. The fourth-order valence-electron chi connectivity index (χ4n) is 3.46. The van der Waals surface area contributed by atoms with Crippen LogP contribution >= 0.6 is 11.6 Å². The maximum Gasteiger partial charge on any atom is 0.204 e. The summed E-state index contributed by atoms with van der Waals surface area (Å²) >= 11 is 5.66. The molecule has 1 N–H and O–H groups in total. The SMILES string of the molecule is COc1cc(OCC(O)CCl)c2c(=O)c3c(oc2c1)COc1cc(OC)c(OC)cc1-3. The number of ether oxygens (including phenoxy) is 5. The lowest BCUT2D eigenvalue weighted by atomic mass is 9.98. The summed E-state index contributed by atoms with van der Waals surface area (Å²) in [5.74, 6) is 2.45. The molecule has 0 bridgehead atoms. The number of hydrogen-bond acceptors (Lipinski definition) is 8. The maximum atomic E-state index is 13.6. The molecule has 0 amide bonds. The number of halogens is 1. The Bertz CT molecular complexity index is 1190. The Morgan fingerprint density at radius 1 is 1.06 bits per heavy atom. The molecule has 1 aromatic heterocycles. The van der Waals surface area contributed by atoms with Crippen LogP contribution in [0.3, 0.4) is 0 Å². The number of methoxy groups -OCH3 is 3. The van der Waals surface area contributed by atoms with Crippen LogP contribution in [0.2, 0.25) is 0 Å². The van der Waals surface area contributed by atoms with Gasteiger partial charge in [0.05, 0.1) is 32.8 Å². The van der Waals surface area contributed by atoms with Crippen molar-refractivity contribution in [2.45, 2.75) is 12.7 Å². The van der Waals surface area contributed by atoms with Gasteiger partial charge in [-0.3, -0.25) is 4.79 Å². The van der Waals surface area contributed by atoms with E-state index in [1.54, 1.807) is 24.3 Å². The average molecular weight is 449 g/mol. The Labute approximate surface area is 182 Å². The van der Waals surface area contributed by atoms with E-state index in [-0.39, 0.29) is 41.2 Å². The number of rotatable bonds is 7. The molecular formula is C22H21ClO8. The molecule has 164 valence electrons. The van der Waals surface area contributed by atoms with Crippen molar-refractivity contribution in [3.05, 3.63) is 40.2 Å². The van der Waals surface area contributed by atoms with Gasteiger partial charge in [0, 0.05) is 23.8 Å². The van der Waals surface area contributed by atoms with E-state index in [9.17, 15) is 9.90 Å². The molecule has 0 radical (unpaired) electrons. The van der Waals surface area contributed by atoms with E-state index in [0.29, 0.717) is 39.9 Å². The van der Waals surface area contributed by atoms with Crippen LogP contribution in [0.25, 0.3) is 22.1 Å². The molecule has 8 nitrogen and oxygen atoms in total. The summed E-state index contributed by atoms with van der Waals surface area (Å²) in [6.07, 6.45) is -0.890. The predicted molar refractivity (Wildman–Crippen MR) is 114 cm³/mol. The zero-order chi connectivity index (χ0) is 22.1. The minimum absolute atomic E-state index is 0.00174. The second-order valence-electron chi connectivity index (χ2n) is 6.84. The topological polar surface area (TPSA) is 96.6 Å². The quantitative estimate of drug-likeness (QED) is 0.550. The lowest BCUT2D eigenvalue weighted by molar-refractivity contribution is 0.126. The second kappa shape index (κ2) is 8.56. The van der Waals surface area contributed by atoms with E-state index < -0.39 is 6.10 Å². The van der Waals surface area contributed by atoms with Crippen molar-refractivity contribution in [3.8, 4) is 39.9 Å².